The van der Waals surface area contributed by atoms with E-state index in [0.717, 1.165) is 41.2 Å². The highest BCUT2D eigenvalue weighted by Crippen LogP contribution is 2.30. The van der Waals surface area contributed by atoms with E-state index in [-0.39, 0.29) is 11.2 Å². The summed E-state index contributed by atoms with van der Waals surface area (Å²) in [5, 5.41) is 0.0467. The molecule has 8 heteroatoms. The Morgan fingerprint density at radius 2 is 1.81 bits per heavy atom. The fraction of sp³-hybridized carbons (Fsp3) is 0.444. The summed E-state index contributed by atoms with van der Waals surface area (Å²) in [4.78, 5) is 11.3. The second-order valence-electron chi connectivity index (χ2n) is 6.43. The molecule has 0 amide bonds. The van der Waals surface area contributed by atoms with E-state index in [4.69, 9.17) is 15.2 Å². The standard InChI is InChI=1S/C18H22N4O3S/c19-18-20-10-14(11-21-18)13-7-15(22-2-5-24-6-3-22)9-17(8-13)26(23)16-1-4-25-12-16/h7-11,16H,1-6,12H2,(H2,19,20,21)/t16-,26?/m1/s1. The molecule has 0 spiro atoms. The monoisotopic (exact) mass is 374 g/mol. The zero-order valence-corrected chi connectivity index (χ0v) is 15.3. The minimum absolute atomic E-state index is 0.0467. The third-order valence-corrected chi connectivity index (χ3v) is 6.37. The van der Waals surface area contributed by atoms with E-state index in [0.29, 0.717) is 26.4 Å². The van der Waals surface area contributed by atoms with Gasteiger partial charge in [-0.05, 0) is 30.2 Å². The first-order valence-corrected chi connectivity index (χ1v) is 9.96. The van der Waals surface area contributed by atoms with Crippen LogP contribution in [0.4, 0.5) is 11.6 Å². The van der Waals surface area contributed by atoms with E-state index < -0.39 is 10.8 Å². The van der Waals surface area contributed by atoms with Crippen molar-refractivity contribution in [3.05, 3.63) is 30.6 Å². The molecule has 138 valence electrons. The molecule has 1 aromatic carbocycles. The van der Waals surface area contributed by atoms with Crippen LogP contribution in [0.15, 0.2) is 35.5 Å². The van der Waals surface area contributed by atoms with Crippen LogP contribution in [0, 0.1) is 0 Å². The largest absolute Gasteiger partial charge is 0.380 e. The summed E-state index contributed by atoms with van der Waals surface area (Å²) in [5.74, 6) is 0.241. The summed E-state index contributed by atoms with van der Waals surface area (Å²) in [6, 6.07) is 6.08. The Morgan fingerprint density at radius 3 is 2.50 bits per heavy atom. The van der Waals surface area contributed by atoms with Gasteiger partial charge in [0.15, 0.2) is 0 Å². The van der Waals surface area contributed by atoms with E-state index in [1.165, 1.54) is 0 Å². The van der Waals surface area contributed by atoms with Crippen molar-refractivity contribution in [2.75, 3.05) is 50.2 Å². The number of benzene rings is 1. The van der Waals surface area contributed by atoms with Crippen molar-refractivity contribution >= 4 is 22.4 Å². The van der Waals surface area contributed by atoms with Gasteiger partial charge in [-0.1, -0.05) is 0 Å². The molecule has 7 nitrogen and oxygen atoms in total. The molecule has 0 bridgehead atoms. The van der Waals surface area contributed by atoms with Crippen molar-refractivity contribution in [2.24, 2.45) is 0 Å². The quantitative estimate of drug-likeness (QED) is 0.866. The average Bonchev–Trinajstić information content (AvgIpc) is 3.23. The Morgan fingerprint density at radius 1 is 1.04 bits per heavy atom. The van der Waals surface area contributed by atoms with Crippen molar-refractivity contribution in [2.45, 2.75) is 16.6 Å². The molecule has 2 atom stereocenters. The van der Waals surface area contributed by atoms with Crippen LogP contribution in [0.25, 0.3) is 11.1 Å². The molecule has 2 aromatic rings. The molecule has 26 heavy (non-hydrogen) atoms. The van der Waals surface area contributed by atoms with Gasteiger partial charge >= 0.3 is 0 Å². The lowest BCUT2D eigenvalue weighted by molar-refractivity contribution is 0.122. The van der Waals surface area contributed by atoms with E-state index >= 15 is 0 Å². The van der Waals surface area contributed by atoms with Crippen molar-refractivity contribution < 1.29 is 13.7 Å². The van der Waals surface area contributed by atoms with Crippen molar-refractivity contribution in [1.82, 2.24) is 9.97 Å². The number of morpholine rings is 1. The number of anilines is 2. The fourth-order valence-corrected chi connectivity index (χ4v) is 4.63. The number of nitrogen functional groups attached to an aromatic ring is 1. The van der Waals surface area contributed by atoms with Crippen LogP contribution in [0.3, 0.4) is 0 Å². The third kappa shape index (κ3) is 3.72. The van der Waals surface area contributed by atoms with Crippen LogP contribution in [0.2, 0.25) is 0 Å². The summed E-state index contributed by atoms with van der Waals surface area (Å²) in [6.07, 6.45) is 4.23. The molecule has 0 saturated carbocycles. The van der Waals surface area contributed by atoms with Gasteiger partial charge in [0.2, 0.25) is 5.95 Å². The van der Waals surface area contributed by atoms with Crippen LogP contribution in [-0.2, 0) is 20.3 Å². The average molecular weight is 374 g/mol. The maximum Gasteiger partial charge on any atom is 0.219 e. The topological polar surface area (TPSA) is 90.6 Å². The number of ether oxygens (including phenoxy) is 2. The number of nitrogens with zero attached hydrogens (tertiary/aromatic N) is 3. The first-order valence-electron chi connectivity index (χ1n) is 8.75. The van der Waals surface area contributed by atoms with Gasteiger partial charge in [-0.3, -0.25) is 4.21 Å². The molecule has 2 aliphatic heterocycles. The maximum atomic E-state index is 13.1. The molecule has 2 aliphatic rings. The number of hydrogen-bond acceptors (Lipinski definition) is 7. The van der Waals surface area contributed by atoms with Gasteiger partial charge in [-0.25, -0.2) is 9.97 Å². The first-order chi connectivity index (χ1) is 12.7. The second kappa shape index (κ2) is 7.69. The van der Waals surface area contributed by atoms with Gasteiger partial charge < -0.3 is 20.1 Å². The summed E-state index contributed by atoms with van der Waals surface area (Å²) >= 11 is 0. The van der Waals surface area contributed by atoms with Gasteiger partial charge in [-0.15, -0.1) is 0 Å². The Kier molecular flexibility index (Phi) is 5.14. The van der Waals surface area contributed by atoms with E-state index in [1.807, 2.05) is 12.1 Å². The van der Waals surface area contributed by atoms with Crippen LogP contribution in [0.1, 0.15) is 6.42 Å². The predicted octanol–water partition coefficient (Wildman–Crippen LogP) is 1.46. The lowest BCUT2D eigenvalue weighted by Crippen LogP contribution is -2.36. The zero-order chi connectivity index (χ0) is 17.9. The number of hydrogen-bond donors (Lipinski definition) is 1. The number of nitrogens with two attached hydrogens (primary N) is 1. The highest BCUT2D eigenvalue weighted by atomic mass is 32.2. The molecule has 2 N–H and O–H groups in total. The maximum absolute atomic E-state index is 13.1. The molecule has 2 fully saturated rings. The van der Waals surface area contributed by atoms with Crippen LogP contribution in [-0.4, -0.2) is 58.9 Å². The number of rotatable bonds is 4. The molecular formula is C18H22N4O3S. The Balaban J connectivity index is 1.73. The molecule has 1 unspecified atom stereocenters. The zero-order valence-electron chi connectivity index (χ0n) is 14.5. The van der Waals surface area contributed by atoms with Crippen molar-refractivity contribution in [3.63, 3.8) is 0 Å². The smallest absolute Gasteiger partial charge is 0.219 e. The molecular weight excluding hydrogens is 352 g/mol. The minimum Gasteiger partial charge on any atom is -0.380 e. The Hall–Kier alpha value is -2.03. The normalized spacial score (nSPS) is 21.7. The van der Waals surface area contributed by atoms with Gasteiger partial charge in [0.1, 0.15) is 0 Å². The SMILES string of the molecule is Nc1ncc(-c2cc(N3CCOCC3)cc(S(=O)[C@@H]3CCOC3)c2)cn1. The van der Waals surface area contributed by atoms with E-state index in [1.54, 1.807) is 12.4 Å². The van der Waals surface area contributed by atoms with Gasteiger partial charge in [0.05, 0.1) is 35.9 Å². The summed E-state index contributed by atoms with van der Waals surface area (Å²) in [7, 11) is -1.11. The van der Waals surface area contributed by atoms with Crippen LogP contribution >= 0.6 is 0 Å². The lowest BCUT2D eigenvalue weighted by Gasteiger charge is -2.29. The second-order valence-corrected chi connectivity index (χ2v) is 8.16. The molecule has 2 saturated heterocycles. The van der Waals surface area contributed by atoms with Crippen LogP contribution in [0.5, 0.6) is 0 Å². The van der Waals surface area contributed by atoms with Crippen molar-refractivity contribution in [1.29, 1.82) is 0 Å². The van der Waals surface area contributed by atoms with E-state index in [2.05, 4.69) is 20.9 Å². The van der Waals surface area contributed by atoms with Gasteiger partial charge in [0, 0.05) is 48.2 Å². The Labute approximate surface area is 155 Å². The summed E-state index contributed by atoms with van der Waals surface area (Å²) in [6.45, 7) is 4.27. The number of aromatic nitrogens is 2. The van der Waals surface area contributed by atoms with Crippen molar-refractivity contribution in [3.8, 4) is 11.1 Å². The van der Waals surface area contributed by atoms with Gasteiger partial charge in [0.25, 0.3) is 0 Å². The highest BCUT2D eigenvalue weighted by molar-refractivity contribution is 7.85. The minimum atomic E-state index is -1.11. The lowest BCUT2D eigenvalue weighted by atomic mass is 10.1. The molecule has 1 aromatic heterocycles. The Bertz CT molecular complexity index is 788. The fourth-order valence-electron chi connectivity index (χ4n) is 3.23. The molecule has 3 heterocycles. The van der Waals surface area contributed by atoms with Gasteiger partial charge in [-0.2, -0.15) is 0 Å². The summed E-state index contributed by atoms with van der Waals surface area (Å²) in [5.41, 5.74) is 8.45. The third-order valence-electron chi connectivity index (χ3n) is 4.70. The highest BCUT2D eigenvalue weighted by Gasteiger charge is 2.25. The molecule has 0 aliphatic carbocycles. The molecule has 4 rings (SSSR count). The van der Waals surface area contributed by atoms with E-state index in [9.17, 15) is 4.21 Å². The molecule has 0 radical (unpaired) electrons. The van der Waals surface area contributed by atoms with Crippen LogP contribution < -0.4 is 10.6 Å². The predicted molar refractivity (Wildman–Crippen MR) is 101 cm³/mol. The summed E-state index contributed by atoms with van der Waals surface area (Å²) < 4.78 is 23.9. The first kappa shape index (κ1) is 17.4.